The Morgan fingerprint density at radius 2 is 2.17 bits per heavy atom. The van der Waals surface area contributed by atoms with E-state index in [1.807, 2.05) is 24.1 Å². The molecule has 0 N–H and O–H groups in total. The summed E-state index contributed by atoms with van der Waals surface area (Å²) in [4.78, 5) is 14.0. The van der Waals surface area contributed by atoms with Crippen LogP contribution in [0.3, 0.4) is 0 Å². The molecule has 1 aromatic heterocycles. The van der Waals surface area contributed by atoms with Gasteiger partial charge in [-0.1, -0.05) is 6.08 Å². The number of hydrogen-bond acceptors (Lipinski definition) is 4. The van der Waals surface area contributed by atoms with Crippen LogP contribution in [0.5, 0.6) is 0 Å². The second-order valence-electron chi connectivity index (χ2n) is 3.43. The molecular formula is C13H15BrN4. The van der Waals surface area contributed by atoms with Gasteiger partial charge in [0.05, 0.1) is 0 Å². The fourth-order valence-corrected chi connectivity index (χ4v) is 1.73. The van der Waals surface area contributed by atoms with Gasteiger partial charge in [0.1, 0.15) is 0 Å². The van der Waals surface area contributed by atoms with Gasteiger partial charge in [0.25, 0.3) is 0 Å². The number of aromatic nitrogens is 2. The number of allylic oxidation sites excluding steroid dienone is 3. The van der Waals surface area contributed by atoms with Gasteiger partial charge in [-0.05, 0) is 34.8 Å². The van der Waals surface area contributed by atoms with Crippen molar-refractivity contribution in [2.45, 2.75) is 6.42 Å². The standard InChI is InChI=1S/C13H15BrN4/c1-4-6-12(9-11(14)10-15-2)18(3)13-16-7-5-8-17-13/h4-5,7-10H,1-2,6H2,3H3/b11-10+,12-9+. The van der Waals surface area contributed by atoms with Crippen LogP contribution in [0.1, 0.15) is 6.42 Å². The molecule has 0 saturated carbocycles. The third kappa shape index (κ3) is 4.25. The average molecular weight is 307 g/mol. The maximum atomic E-state index is 4.20. The van der Waals surface area contributed by atoms with Crippen LogP contribution in [-0.2, 0) is 0 Å². The lowest BCUT2D eigenvalue weighted by Gasteiger charge is -2.19. The summed E-state index contributed by atoms with van der Waals surface area (Å²) in [6, 6.07) is 1.78. The molecule has 1 aromatic rings. The fourth-order valence-electron chi connectivity index (χ4n) is 1.32. The number of halogens is 1. The van der Waals surface area contributed by atoms with E-state index in [4.69, 9.17) is 0 Å². The molecule has 1 rings (SSSR count). The molecule has 0 spiro atoms. The molecule has 0 fully saturated rings. The van der Waals surface area contributed by atoms with E-state index in [0.717, 1.165) is 10.2 Å². The number of anilines is 1. The van der Waals surface area contributed by atoms with Gasteiger partial charge in [0, 0.05) is 42.2 Å². The number of aliphatic imine (C=N–C) groups is 1. The summed E-state index contributed by atoms with van der Waals surface area (Å²) in [6.07, 6.45) is 9.51. The first kappa shape index (κ1) is 14.3. The van der Waals surface area contributed by atoms with Crippen LogP contribution < -0.4 is 4.90 Å². The van der Waals surface area contributed by atoms with Crippen LogP contribution in [-0.4, -0.2) is 23.7 Å². The van der Waals surface area contributed by atoms with Crippen molar-refractivity contribution in [2.75, 3.05) is 11.9 Å². The summed E-state index contributed by atoms with van der Waals surface area (Å²) in [5, 5.41) is 0. The monoisotopic (exact) mass is 306 g/mol. The second kappa shape index (κ2) is 7.55. The van der Waals surface area contributed by atoms with Crippen LogP contribution >= 0.6 is 15.9 Å². The largest absolute Gasteiger partial charge is 0.317 e. The first-order chi connectivity index (χ1) is 8.69. The molecule has 0 bridgehead atoms. The van der Waals surface area contributed by atoms with Crippen LogP contribution in [0, 0.1) is 0 Å². The first-order valence-electron chi connectivity index (χ1n) is 5.32. The molecule has 0 aliphatic rings. The molecule has 18 heavy (non-hydrogen) atoms. The van der Waals surface area contributed by atoms with Crippen molar-refractivity contribution in [3.8, 4) is 0 Å². The zero-order valence-corrected chi connectivity index (χ0v) is 11.8. The molecular weight excluding hydrogens is 292 g/mol. The van der Waals surface area contributed by atoms with E-state index in [1.165, 1.54) is 0 Å². The van der Waals surface area contributed by atoms with Crippen LogP contribution in [0.25, 0.3) is 0 Å². The minimum atomic E-state index is 0.637. The lowest BCUT2D eigenvalue weighted by Crippen LogP contribution is -2.18. The molecule has 0 radical (unpaired) electrons. The Morgan fingerprint density at radius 3 is 2.72 bits per heavy atom. The zero-order chi connectivity index (χ0) is 13.4. The van der Waals surface area contributed by atoms with Crippen molar-refractivity contribution in [3.63, 3.8) is 0 Å². The van der Waals surface area contributed by atoms with E-state index in [9.17, 15) is 0 Å². The summed E-state index contributed by atoms with van der Waals surface area (Å²) in [6.45, 7) is 7.16. The van der Waals surface area contributed by atoms with E-state index in [2.05, 4.69) is 44.2 Å². The van der Waals surface area contributed by atoms with Gasteiger partial charge in [-0.2, -0.15) is 0 Å². The van der Waals surface area contributed by atoms with E-state index in [-0.39, 0.29) is 0 Å². The molecule has 0 aromatic carbocycles. The Balaban J connectivity index is 3.02. The van der Waals surface area contributed by atoms with E-state index >= 15 is 0 Å². The van der Waals surface area contributed by atoms with Crippen molar-refractivity contribution in [2.24, 2.45) is 4.99 Å². The fraction of sp³-hybridized carbons (Fsp3) is 0.154. The van der Waals surface area contributed by atoms with E-state index in [1.54, 1.807) is 24.7 Å². The molecule has 94 valence electrons. The van der Waals surface area contributed by atoms with E-state index in [0.29, 0.717) is 12.4 Å². The van der Waals surface area contributed by atoms with Crippen molar-refractivity contribution >= 4 is 28.6 Å². The predicted molar refractivity (Wildman–Crippen MR) is 79.9 cm³/mol. The molecule has 0 amide bonds. The third-order valence-corrected chi connectivity index (χ3v) is 2.59. The molecule has 5 heteroatoms. The zero-order valence-electron chi connectivity index (χ0n) is 10.3. The molecule has 0 aliphatic carbocycles. The Morgan fingerprint density at radius 1 is 1.50 bits per heavy atom. The number of rotatable bonds is 6. The van der Waals surface area contributed by atoms with Gasteiger partial charge >= 0.3 is 0 Å². The third-order valence-electron chi connectivity index (χ3n) is 2.16. The summed E-state index contributed by atoms with van der Waals surface area (Å²) >= 11 is 3.40. The van der Waals surface area contributed by atoms with Gasteiger partial charge in [-0.25, -0.2) is 9.97 Å². The normalized spacial score (nSPS) is 12.1. The van der Waals surface area contributed by atoms with Crippen molar-refractivity contribution in [1.29, 1.82) is 0 Å². The predicted octanol–water partition coefficient (Wildman–Crippen LogP) is 3.31. The number of hydrogen-bond donors (Lipinski definition) is 0. The molecule has 1 heterocycles. The van der Waals surface area contributed by atoms with Crippen molar-refractivity contribution < 1.29 is 0 Å². The highest BCUT2D eigenvalue weighted by molar-refractivity contribution is 9.11. The Hall–Kier alpha value is -1.75. The van der Waals surface area contributed by atoms with Gasteiger partial charge in [-0.15, -0.1) is 6.58 Å². The second-order valence-corrected chi connectivity index (χ2v) is 4.35. The Labute approximate surface area is 116 Å². The Kier molecular flexibility index (Phi) is 6.00. The van der Waals surface area contributed by atoms with Gasteiger partial charge in [0.2, 0.25) is 5.95 Å². The summed E-state index contributed by atoms with van der Waals surface area (Å²) < 4.78 is 0.831. The highest BCUT2D eigenvalue weighted by Gasteiger charge is 2.08. The summed E-state index contributed by atoms with van der Waals surface area (Å²) in [7, 11) is 1.91. The van der Waals surface area contributed by atoms with Crippen LogP contribution in [0.2, 0.25) is 0 Å². The van der Waals surface area contributed by atoms with Gasteiger partial charge in [0.15, 0.2) is 0 Å². The van der Waals surface area contributed by atoms with Crippen LogP contribution in [0.4, 0.5) is 5.95 Å². The molecule has 0 saturated heterocycles. The molecule has 0 unspecified atom stereocenters. The minimum absolute atomic E-state index is 0.637. The first-order valence-corrected chi connectivity index (χ1v) is 6.12. The van der Waals surface area contributed by atoms with Crippen molar-refractivity contribution in [3.05, 3.63) is 53.6 Å². The SMILES string of the molecule is C=CC/C(=C\C(Br)=C/N=C)N(C)c1ncccn1. The smallest absolute Gasteiger partial charge is 0.229 e. The maximum absolute atomic E-state index is 4.20. The Bertz CT molecular complexity index is 465. The van der Waals surface area contributed by atoms with E-state index < -0.39 is 0 Å². The highest BCUT2D eigenvalue weighted by Crippen LogP contribution is 2.18. The summed E-state index contributed by atoms with van der Waals surface area (Å²) in [5.74, 6) is 0.637. The van der Waals surface area contributed by atoms with Gasteiger partial charge in [-0.3, -0.25) is 4.99 Å². The molecule has 0 aliphatic heterocycles. The number of nitrogens with zero attached hydrogens (tertiary/aromatic N) is 4. The maximum Gasteiger partial charge on any atom is 0.229 e. The van der Waals surface area contributed by atoms with Crippen LogP contribution in [0.15, 0.2) is 58.6 Å². The van der Waals surface area contributed by atoms with Gasteiger partial charge < -0.3 is 4.90 Å². The van der Waals surface area contributed by atoms with Crippen molar-refractivity contribution in [1.82, 2.24) is 9.97 Å². The quantitative estimate of drug-likeness (QED) is 0.460. The average Bonchev–Trinajstić information content (AvgIpc) is 2.39. The molecule has 0 atom stereocenters. The lowest BCUT2D eigenvalue weighted by molar-refractivity contribution is 0.952. The summed E-state index contributed by atoms with van der Waals surface area (Å²) in [5.41, 5.74) is 1.00. The minimum Gasteiger partial charge on any atom is -0.317 e. The lowest BCUT2D eigenvalue weighted by atomic mass is 10.2. The topological polar surface area (TPSA) is 41.4 Å². The highest BCUT2D eigenvalue weighted by atomic mass is 79.9. The molecule has 4 nitrogen and oxygen atoms in total.